The number of aliphatic carboxylic acids is 1. The molecule has 2 heterocycles. The van der Waals surface area contributed by atoms with Crippen molar-refractivity contribution in [3.63, 3.8) is 0 Å². The lowest BCUT2D eigenvalue weighted by Crippen LogP contribution is -2.61. The first-order chi connectivity index (χ1) is 37.1. The van der Waals surface area contributed by atoms with Crippen LogP contribution in [0.3, 0.4) is 0 Å². The Morgan fingerprint density at radius 3 is 1.51 bits per heavy atom. The number of nitrogens with zero attached hydrogens (tertiary/aromatic N) is 1. The second-order valence-electron chi connectivity index (χ2n) is 17.3. The van der Waals surface area contributed by atoms with Gasteiger partial charge in [0.25, 0.3) is 11.8 Å². The number of carbonyl (C=O) groups is 4. The standard InChI is InChI=1S/C53H80N2O21/c1-2-3-17-64-18-19-65-20-21-66-22-23-67-24-25-68-26-27-69-28-29-70-30-31-71-32-33-72-34-35-73-36-37-74-42-12-10-41(11-13-42)39-44(55-45(56)14-15-46(55)57)51(61)54-16-5-4-7-40-8-6-9-43(38-40)75-53-49(60)47(58)48(59)50(76-53)52(62)63/h6,8-15,38,44,47-50,53,58-60H,2-5,7,16-37,39H2,1H3,(H,54,61)(H,62,63)/t44-,47-,48-,49+,50-,53+/m0/s1. The van der Waals surface area contributed by atoms with Crippen molar-refractivity contribution >= 4 is 23.7 Å². The normalized spacial score (nSPS) is 18.8. The molecule has 4 rings (SSSR count). The van der Waals surface area contributed by atoms with E-state index in [1.165, 1.54) is 0 Å². The molecule has 1 fully saturated rings. The average molecular weight is 1080 g/mol. The van der Waals surface area contributed by atoms with Gasteiger partial charge >= 0.3 is 5.97 Å². The van der Waals surface area contributed by atoms with Crippen LogP contribution in [0.4, 0.5) is 0 Å². The van der Waals surface area contributed by atoms with Crippen LogP contribution in [-0.2, 0) is 84.1 Å². The zero-order valence-electron chi connectivity index (χ0n) is 43.7. The molecule has 0 spiro atoms. The first-order valence-corrected chi connectivity index (χ1v) is 26.1. The van der Waals surface area contributed by atoms with Crippen LogP contribution in [0.15, 0.2) is 60.7 Å². The Morgan fingerprint density at radius 2 is 1.04 bits per heavy atom. The fraction of sp³-hybridized carbons (Fsp3) is 0.660. The van der Waals surface area contributed by atoms with Crippen molar-refractivity contribution in [2.24, 2.45) is 0 Å². The molecule has 0 saturated carbocycles. The quantitative estimate of drug-likeness (QED) is 0.0461. The Kier molecular flexibility index (Phi) is 33.3. The maximum atomic E-state index is 13.5. The number of aryl methyl sites for hydroxylation is 1. The Labute approximate surface area is 444 Å². The third-order valence-corrected chi connectivity index (χ3v) is 11.5. The van der Waals surface area contributed by atoms with Gasteiger partial charge in [-0.25, -0.2) is 4.79 Å². The molecule has 5 N–H and O–H groups in total. The molecule has 1 saturated heterocycles. The van der Waals surface area contributed by atoms with E-state index in [2.05, 4.69) is 12.2 Å². The van der Waals surface area contributed by atoms with Crippen LogP contribution in [-0.4, -0.2) is 231 Å². The largest absolute Gasteiger partial charge is 0.491 e. The molecule has 2 aromatic carbocycles. The van der Waals surface area contributed by atoms with E-state index in [0.29, 0.717) is 163 Å². The second-order valence-corrected chi connectivity index (χ2v) is 17.3. The molecule has 23 heteroatoms. The van der Waals surface area contributed by atoms with Gasteiger partial charge in [-0.2, -0.15) is 0 Å². The van der Waals surface area contributed by atoms with E-state index in [0.717, 1.165) is 42.1 Å². The van der Waals surface area contributed by atoms with E-state index >= 15 is 0 Å². The maximum Gasteiger partial charge on any atom is 0.335 e. The van der Waals surface area contributed by atoms with Crippen LogP contribution in [0.2, 0.25) is 0 Å². The van der Waals surface area contributed by atoms with Gasteiger partial charge < -0.3 is 87.3 Å². The molecule has 0 bridgehead atoms. The Balaban J connectivity index is 0.951. The van der Waals surface area contributed by atoms with Gasteiger partial charge in [0.1, 0.15) is 42.5 Å². The molecule has 3 amide bonds. The number of carboxylic acids is 1. The third kappa shape index (κ3) is 26.1. The van der Waals surface area contributed by atoms with Crippen molar-refractivity contribution in [1.29, 1.82) is 0 Å². The molecule has 76 heavy (non-hydrogen) atoms. The minimum atomic E-state index is -1.84. The molecular weight excluding hydrogens is 1000 g/mol. The van der Waals surface area contributed by atoms with E-state index in [1.807, 2.05) is 6.07 Å². The van der Waals surface area contributed by atoms with Crippen molar-refractivity contribution in [3.05, 3.63) is 71.8 Å². The van der Waals surface area contributed by atoms with E-state index in [-0.39, 0.29) is 18.7 Å². The summed E-state index contributed by atoms with van der Waals surface area (Å²) in [6.45, 7) is 12.4. The highest BCUT2D eigenvalue weighted by Crippen LogP contribution is 2.26. The van der Waals surface area contributed by atoms with Crippen LogP contribution in [0.1, 0.15) is 43.7 Å². The van der Waals surface area contributed by atoms with Crippen molar-refractivity contribution in [1.82, 2.24) is 10.2 Å². The summed E-state index contributed by atoms with van der Waals surface area (Å²) in [4.78, 5) is 51.2. The number of benzene rings is 2. The summed E-state index contributed by atoms with van der Waals surface area (Å²) in [6.07, 6.45) is -2.36. The molecule has 0 unspecified atom stereocenters. The van der Waals surface area contributed by atoms with Gasteiger partial charge in [-0.05, 0) is 61.1 Å². The summed E-state index contributed by atoms with van der Waals surface area (Å²) < 4.78 is 71.7. The van der Waals surface area contributed by atoms with Gasteiger partial charge in [-0.1, -0.05) is 37.6 Å². The van der Waals surface area contributed by atoms with Gasteiger partial charge in [-0.3, -0.25) is 19.3 Å². The lowest BCUT2D eigenvalue weighted by atomic mass is 9.99. The number of aliphatic hydroxyl groups excluding tert-OH is 3. The Morgan fingerprint density at radius 1 is 0.566 bits per heavy atom. The van der Waals surface area contributed by atoms with E-state index in [1.54, 1.807) is 42.5 Å². The SMILES string of the molecule is CCCCOCCOCCOCCOCCOCCOCCOCCOCCOCCOCCOc1ccc(C[C@@H](C(=O)NCCCCc2cccc(O[C@@H]3O[C@H](C(=O)O)[C@@H](O)[C@H](O)[C@H]3O)c2)N2C(=O)C=CC2=O)cc1. The predicted octanol–water partition coefficient (Wildman–Crippen LogP) is 1.28. The first kappa shape index (κ1) is 63.8. The van der Waals surface area contributed by atoms with Crippen molar-refractivity contribution in [3.8, 4) is 11.5 Å². The van der Waals surface area contributed by atoms with Crippen LogP contribution >= 0.6 is 0 Å². The number of aliphatic hydroxyl groups is 3. The van der Waals surface area contributed by atoms with Gasteiger partial charge in [-0.15, -0.1) is 0 Å². The molecule has 23 nitrogen and oxygen atoms in total. The highest BCUT2D eigenvalue weighted by atomic mass is 16.7. The molecule has 2 aromatic rings. The van der Waals surface area contributed by atoms with Crippen LogP contribution in [0.5, 0.6) is 11.5 Å². The lowest BCUT2D eigenvalue weighted by Gasteiger charge is -2.38. The summed E-state index contributed by atoms with van der Waals surface area (Å²) in [5.74, 6) is -2.33. The first-order valence-electron chi connectivity index (χ1n) is 26.1. The molecule has 2 aliphatic heterocycles. The van der Waals surface area contributed by atoms with E-state index < -0.39 is 60.4 Å². The molecule has 2 aliphatic rings. The summed E-state index contributed by atoms with van der Waals surface area (Å²) in [5, 5.41) is 42.5. The van der Waals surface area contributed by atoms with Gasteiger partial charge in [0.2, 0.25) is 12.2 Å². The number of ether oxygens (including phenoxy) is 13. The van der Waals surface area contributed by atoms with Crippen molar-refractivity contribution < 1.29 is 101 Å². The maximum absolute atomic E-state index is 13.5. The molecule has 0 aliphatic carbocycles. The highest BCUT2D eigenvalue weighted by Gasteiger charge is 2.48. The van der Waals surface area contributed by atoms with Gasteiger partial charge in [0, 0.05) is 31.7 Å². The number of hydrogen-bond acceptors (Lipinski definition) is 20. The molecule has 0 radical (unpaired) electrons. The monoisotopic (exact) mass is 1080 g/mol. The van der Waals surface area contributed by atoms with Crippen molar-refractivity contribution in [2.45, 2.75) is 82.2 Å². The number of carbonyl (C=O) groups excluding carboxylic acids is 3. The molecule has 428 valence electrons. The highest BCUT2D eigenvalue weighted by molar-refractivity contribution is 6.15. The smallest absolute Gasteiger partial charge is 0.335 e. The Bertz CT molecular complexity index is 1910. The number of hydrogen-bond donors (Lipinski definition) is 5. The summed E-state index contributed by atoms with van der Waals surface area (Å²) in [7, 11) is 0. The number of nitrogens with one attached hydrogen (secondary N) is 1. The van der Waals surface area contributed by atoms with Crippen LogP contribution in [0.25, 0.3) is 0 Å². The summed E-state index contributed by atoms with van der Waals surface area (Å²) >= 11 is 0. The average Bonchev–Trinajstić information content (AvgIpc) is 3.76. The van der Waals surface area contributed by atoms with Crippen LogP contribution in [0, 0.1) is 0 Å². The fourth-order valence-electron chi connectivity index (χ4n) is 7.35. The zero-order valence-corrected chi connectivity index (χ0v) is 43.7. The lowest BCUT2D eigenvalue weighted by molar-refractivity contribution is -0.271. The number of carboxylic acid groups (broad SMARTS) is 1. The number of unbranched alkanes of at least 4 members (excludes halogenated alkanes) is 2. The summed E-state index contributed by atoms with van der Waals surface area (Å²) in [6, 6.07) is 12.7. The summed E-state index contributed by atoms with van der Waals surface area (Å²) in [5.41, 5.74) is 1.54. The molecular formula is C53H80N2O21. The third-order valence-electron chi connectivity index (χ3n) is 11.5. The van der Waals surface area contributed by atoms with Crippen molar-refractivity contribution in [2.75, 3.05) is 145 Å². The predicted molar refractivity (Wildman–Crippen MR) is 271 cm³/mol. The zero-order chi connectivity index (χ0) is 54.4. The van der Waals surface area contributed by atoms with Gasteiger partial charge in [0.05, 0.1) is 126 Å². The minimum Gasteiger partial charge on any atom is -0.491 e. The van der Waals surface area contributed by atoms with Crippen LogP contribution < -0.4 is 14.8 Å². The number of imide groups is 1. The van der Waals surface area contributed by atoms with Gasteiger partial charge in [0.15, 0.2) is 6.10 Å². The fourth-order valence-corrected chi connectivity index (χ4v) is 7.35. The molecule has 0 aromatic heterocycles. The second kappa shape index (κ2) is 39.6. The Hall–Kier alpha value is -4.70. The van der Waals surface area contributed by atoms with E-state index in [4.69, 9.17) is 61.6 Å². The minimum absolute atomic E-state index is 0.0831. The van der Waals surface area contributed by atoms with E-state index in [9.17, 15) is 39.6 Å². The number of rotatable bonds is 46. The molecule has 6 atom stereocenters. The number of amides is 3. The topological polar surface area (TPSA) is 284 Å².